The Morgan fingerprint density at radius 2 is 2.11 bits per heavy atom. The first kappa shape index (κ1) is 13.8. The van der Waals surface area contributed by atoms with Crippen molar-refractivity contribution in [2.45, 2.75) is 19.3 Å². The van der Waals surface area contributed by atoms with Gasteiger partial charge in [0.05, 0.1) is 12.2 Å². The van der Waals surface area contributed by atoms with Crippen molar-refractivity contribution in [2.24, 2.45) is 0 Å². The maximum absolute atomic E-state index is 13.0. The van der Waals surface area contributed by atoms with Gasteiger partial charge in [0.25, 0.3) is 0 Å². The summed E-state index contributed by atoms with van der Waals surface area (Å²) in [7, 11) is 0. The predicted octanol–water partition coefficient (Wildman–Crippen LogP) is 2.05. The molecule has 2 rings (SSSR count). The van der Waals surface area contributed by atoms with Gasteiger partial charge in [0.1, 0.15) is 5.82 Å². The second-order valence-corrected chi connectivity index (χ2v) is 4.77. The number of hydrogen-bond donors (Lipinski definition) is 1. The number of benzene rings is 1. The van der Waals surface area contributed by atoms with Crippen molar-refractivity contribution in [1.29, 1.82) is 0 Å². The maximum Gasteiger partial charge on any atom is 0.340 e. The molecule has 5 heteroatoms. The molecule has 0 radical (unpaired) electrons. The van der Waals surface area contributed by atoms with Crippen LogP contribution in [0.4, 0.5) is 10.1 Å². The van der Waals surface area contributed by atoms with Crippen molar-refractivity contribution < 1.29 is 13.9 Å². The number of nitrogen functional groups attached to an aromatic ring is 1. The normalized spacial score (nSPS) is 15.6. The standard InChI is InChI=1S/C14H19FN2O2/c15-11-4-5-13(16)12(10-11)14(18)19-9-3-8-17-6-1-2-7-17/h4-5,10H,1-3,6-9,16H2. The third kappa shape index (κ3) is 3.92. The molecule has 1 heterocycles. The third-order valence-corrected chi connectivity index (χ3v) is 3.29. The zero-order valence-corrected chi connectivity index (χ0v) is 10.9. The van der Waals surface area contributed by atoms with Crippen LogP contribution in [0.25, 0.3) is 0 Å². The highest BCUT2D eigenvalue weighted by atomic mass is 19.1. The Hall–Kier alpha value is -1.62. The molecule has 1 aromatic rings. The van der Waals surface area contributed by atoms with Crippen molar-refractivity contribution in [3.05, 3.63) is 29.6 Å². The highest BCUT2D eigenvalue weighted by Crippen LogP contribution is 2.14. The lowest BCUT2D eigenvalue weighted by molar-refractivity contribution is 0.0491. The molecule has 1 fully saturated rings. The average molecular weight is 266 g/mol. The van der Waals surface area contributed by atoms with Crippen LogP contribution in [-0.2, 0) is 4.74 Å². The van der Waals surface area contributed by atoms with Crippen molar-refractivity contribution in [3.63, 3.8) is 0 Å². The van der Waals surface area contributed by atoms with Crippen LogP contribution in [0.2, 0.25) is 0 Å². The zero-order chi connectivity index (χ0) is 13.7. The minimum Gasteiger partial charge on any atom is -0.462 e. The van der Waals surface area contributed by atoms with E-state index in [1.54, 1.807) is 0 Å². The molecule has 0 spiro atoms. The SMILES string of the molecule is Nc1ccc(F)cc1C(=O)OCCCN1CCCC1. The van der Waals surface area contributed by atoms with Gasteiger partial charge in [0, 0.05) is 12.2 Å². The molecular weight excluding hydrogens is 247 g/mol. The quantitative estimate of drug-likeness (QED) is 0.503. The zero-order valence-electron chi connectivity index (χ0n) is 10.9. The number of anilines is 1. The van der Waals surface area contributed by atoms with E-state index in [1.807, 2.05) is 0 Å². The summed E-state index contributed by atoms with van der Waals surface area (Å²) in [6.07, 6.45) is 3.29. The van der Waals surface area contributed by atoms with Crippen LogP contribution in [0.1, 0.15) is 29.6 Å². The molecule has 0 aromatic heterocycles. The summed E-state index contributed by atoms with van der Waals surface area (Å²) < 4.78 is 18.1. The molecule has 0 unspecified atom stereocenters. The molecule has 1 aliphatic heterocycles. The van der Waals surface area contributed by atoms with Gasteiger partial charge in [-0.3, -0.25) is 0 Å². The van der Waals surface area contributed by atoms with Crippen LogP contribution in [0.15, 0.2) is 18.2 Å². The number of ether oxygens (including phenoxy) is 1. The Morgan fingerprint density at radius 1 is 1.37 bits per heavy atom. The highest BCUT2D eigenvalue weighted by Gasteiger charge is 2.13. The summed E-state index contributed by atoms with van der Waals surface area (Å²) >= 11 is 0. The lowest BCUT2D eigenvalue weighted by Gasteiger charge is -2.14. The lowest BCUT2D eigenvalue weighted by Crippen LogP contribution is -2.22. The second kappa shape index (κ2) is 6.52. The molecule has 104 valence electrons. The van der Waals surface area contributed by atoms with E-state index in [-0.39, 0.29) is 11.3 Å². The van der Waals surface area contributed by atoms with E-state index in [0.29, 0.717) is 6.61 Å². The van der Waals surface area contributed by atoms with Gasteiger partial charge < -0.3 is 15.4 Å². The topological polar surface area (TPSA) is 55.6 Å². The second-order valence-electron chi connectivity index (χ2n) is 4.77. The summed E-state index contributed by atoms with van der Waals surface area (Å²) in [5.74, 6) is -1.04. The number of carbonyl (C=O) groups excluding carboxylic acids is 1. The van der Waals surface area contributed by atoms with Crippen LogP contribution in [0, 0.1) is 5.82 Å². The molecule has 1 aliphatic rings. The smallest absolute Gasteiger partial charge is 0.340 e. The number of carbonyl (C=O) groups is 1. The van der Waals surface area contributed by atoms with E-state index in [1.165, 1.54) is 25.0 Å². The van der Waals surface area contributed by atoms with E-state index in [4.69, 9.17) is 10.5 Å². The molecule has 4 nitrogen and oxygen atoms in total. The Balaban J connectivity index is 1.75. The van der Waals surface area contributed by atoms with E-state index >= 15 is 0 Å². The van der Waals surface area contributed by atoms with Gasteiger partial charge in [-0.25, -0.2) is 9.18 Å². The number of hydrogen-bond acceptors (Lipinski definition) is 4. The molecule has 2 N–H and O–H groups in total. The molecule has 1 saturated heterocycles. The van der Waals surface area contributed by atoms with Crippen LogP contribution >= 0.6 is 0 Å². The lowest BCUT2D eigenvalue weighted by atomic mass is 10.2. The minimum atomic E-state index is -0.557. The van der Waals surface area contributed by atoms with Gasteiger partial charge in [-0.05, 0) is 50.6 Å². The van der Waals surface area contributed by atoms with Gasteiger partial charge in [-0.15, -0.1) is 0 Å². The summed E-state index contributed by atoms with van der Waals surface area (Å²) in [4.78, 5) is 14.1. The van der Waals surface area contributed by atoms with E-state index in [9.17, 15) is 9.18 Å². The molecule has 0 amide bonds. The third-order valence-electron chi connectivity index (χ3n) is 3.29. The number of nitrogens with two attached hydrogens (primary N) is 1. The number of esters is 1. The van der Waals surface area contributed by atoms with Crippen molar-refractivity contribution in [2.75, 3.05) is 32.0 Å². The molecule has 0 aliphatic carbocycles. The number of halogens is 1. The summed E-state index contributed by atoms with van der Waals surface area (Å²) in [5, 5.41) is 0. The fourth-order valence-corrected chi connectivity index (χ4v) is 2.24. The molecule has 0 atom stereocenters. The largest absolute Gasteiger partial charge is 0.462 e. The van der Waals surface area contributed by atoms with Crippen LogP contribution < -0.4 is 5.73 Å². The minimum absolute atomic E-state index is 0.0983. The van der Waals surface area contributed by atoms with Crippen molar-refractivity contribution >= 4 is 11.7 Å². The van der Waals surface area contributed by atoms with Crippen molar-refractivity contribution in [3.8, 4) is 0 Å². The maximum atomic E-state index is 13.0. The van der Waals surface area contributed by atoms with Crippen LogP contribution in [0.3, 0.4) is 0 Å². The molecule has 19 heavy (non-hydrogen) atoms. The van der Waals surface area contributed by atoms with Gasteiger partial charge in [-0.1, -0.05) is 0 Å². The van der Waals surface area contributed by atoms with Gasteiger partial charge in [0.15, 0.2) is 0 Å². The summed E-state index contributed by atoms with van der Waals surface area (Å²) in [5.41, 5.74) is 5.96. The molecular formula is C14H19FN2O2. The van der Waals surface area contributed by atoms with Gasteiger partial charge >= 0.3 is 5.97 Å². The molecule has 0 bridgehead atoms. The Bertz CT molecular complexity index is 445. The Kier molecular flexibility index (Phi) is 4.74. The Morgan fingerprint density at radius 3 is 2.84 bits per heavy atom. The summed E-state index contributed by atoms with van der Waals surface area (Å²) in [6, 6.07) is 3.70. The number of nitrogens with zero attached hydrogens (tertiary/aromatic N) is 1. The fourth-order valence-electron chi connectivity index (χ4n) is 2.24. The first-order valence-electron chi connectivity index (χ1n) is 6.61. The monoisotopic (exact) mass is 266 g/mol. The highest BCUT2D eigenvalue weighted by molar-refractivity contribution is 5.95. The fraction of sp³-hybridized carbons (Fsp3) is 0.500. The predicted molar refractivity (Wildman–Crippen MR) is 71.4 cm³/mol. The van der Waals surface area contributed by atoms with E-state index in [0.717, 1.165) is 32.1 Å². The van der Waals surface area contributed by atoms with Gasteiger partial charge in [0.2, 0.25) is 0 Å². The van der Waals surface area contributed by atoms with E-state index in [2.05, 4.69) is 4.90 Å². The van der Waals surface area contributed by atoms with Crippen LogP contribution in [0.5, 0.6) is 0 Å². The van der Waals surface area contributed by atoms with E-state index < -0.39 is 11.8 Å². The molecule has 0 saturated carbocycles. The number of rotatable bonds is 5. The van der Waals surface area contributed by atoms with Crippen LogP contribution in [-0.4, -0.2) is 37.1 Å². The average Bonchev–Trinajstić information content (AvgIpc) is 2.90. The first-order chi connectivity index (χ1) is 9.16. The Labute approximate surface area is 112 Å². The van der Waals surface area contributed by atoms with Gasteiger partial charge in [-0.2, -0.15) is 0 Å². The first-order valence-corrected chi connectivity index (χ1v) is 6.61. The summed E-state index contributed by atoms with van der Waals surface area (Å²) in [6.45, 7) is 3.53. The number of likely N-dealkylation sites (tertiary alicyclic amines) is 1. The molecule has 1 aromatic carbocycles. The van der Waals surface area contributed by atoms with Crippen molar-refractivity contribution in [1.82, 2.24) is 4.90 Å².